The summed E-state index contributed by atoms with van der Waals surface area (Å²) in [5, 5.41) is 31.0. The van der Waals surface area contributed by atoms with Gasteiger partial charge in [0.15, 0.2) is 11.5 Å². The van der Waals surface area contributed by atoms with E-state index in [1.165, 1.54) is 6.08 Å². The van der Waals surface area contributed by atoms with Gasteiger partial charge in [-0.15, -0.1) is 0 Å². The quantitative estimate of drug-likeness (QED) is 0.603. The van der Waals surface area contributed by atoms with Crippen molar-refractivity contribution in [3.63, 3.8) is 0 Å². The van der Waals surface area contributed by atoms with Crippen molar-refractivity contribution in [3.05, 3.63) is 23.2 Å². The van der Waals surface area contributed by atoms with Crippen LogP contribution in [0.3, 0.4) is 0 Å². The maximum absolute atomic E-state index is 15.5. The van der Waals surface area contributed by atoms with Gasteiger partial charge in [-0.05, 0) is 67.9 Å². The Morgan fingerprint density at radius 1 is 1.28 bits per heavy atom. The number of hydrogen-bond donors (Lipinski definition) is 3. The number of aliphatic carboxylic acids is 1. The number of rotatable bonds is 4. The van der Waals surface area contributed by atoms with Gasteiger partial charge in [-0.1, -0.05) is 13.8 Å². The molecule has 3 saturated carbocycles. The monoisotopic (exact) mass is 448 g/mol. The van der Waals surface area contributed by atoms with E-state index >= 15 is 4.39 Å². The smallest absolute Gasteiger partial charge is 0.306 e. The fraction of sp³-hybridized carbons (Fsp3) is 0.708. The summed E-state index contributed by atoms with van der Waals surface area (Å²) in [4.78, 5) is 36.4. The summed E-state index contributed by atoms with van der Waals surface area (Å²) in [5.41, 5.74) is -3.03. The van der Waals surface area contributed by atoms with E-state index < -0.39 is 52.8 Å². The molecule has 9 atom stereocenters. The fourth-order valence-electron chi connectivity index (χ4n) is 7.94. The Bertz CT molecular complexity index is 1000. The van der Waals surface area contributed by atoms with E-state index in [-0.39, 0.29) is 30.0 Å². The number of Topliss-reactive ketones (excluding diaryl/α,β-unsaturated/α-hetero) is 1. The first kappa shape index (κ1) is 21.8. The Balaban J connectivity index is 1.52. The first-order valence-electron chi connectivity index (χ1n) is 11.4. The van der Waals surface area contributed by atoms with Gasteiger partial charge in [-0.25, -0.2) is 4.39 Å². The molecule has 1 aliphatic heterocycles. The first-order valence-corrected chi connectivity index (χ1v) is 11.4. The number of fused-ring (bicyclic) bond motifs is 6. The van der Waals surface area contributed by atoms with Gasteiger partial charge in [0.25, 0.3) is 0 Å². The number of carbonyl (C=O) groups is 3. The molecule has 0 aromatic heterocycles. The Labute approximate surface area is 185 Å². The van der Waals surface area contributed by atoms with Crippen LogP contribution in [0.4, 0.5) is 4.39 Å². The van der Waals surface area contributed by atoms with Crippen LogP contribution in [0.2, 0.25) is 0 Å². The van der Waals surface area contributed by atoms with Crippen molar-refractivity contribution in [2.24, 2.45) is 34.5 Å². The second-order valence-corrected chi connectivity index (χ2v) is 10.8. The molecule has 174 valence electrons. The van der Waals surface area contributed by atoms with Crippen LogP contribution in [-0.2, 0) is 19.1 Å². The minimum Gasteiger partial charge on any atom is -0.481 e. The highest BCUT2D eigenvalue weighted by molar-refractivity contribution is 6.07. The Morgan fingerprint density at radius 3 is 2.62 bits per heavy atom. The van der Waals surface area contributed by atoms with Crippen LogP contribution in [0.1, 0.15) is 52.9 Å². The number of hydrogen-bond acceptors (Lipinski definition) is 6. The van der Waals surface area contributed by atoms with Crippen molar-refractivity contribution in [3.8, 4) is 0 Å². The molecule has 0 saturated heterocycles. The van der Waals surface area contributed by atoms with Crippen molar-refractivity contribution in [1.29, 1.82) is 0 Å². The highest BCUT2D eigenvalue weighted by Crippen LogP contribution is 2.71. The topological polar surface area (TPSA) is 124 Å². The molecule has 32 heavy (non-hydrogen) atoms. The molecule has 0 amide bonds. The molecule has 8 heteroatoms. The molecule has 7 nitrogen and oxygen atoms in total. The van der Waals surface area contributed by atoms with E-state index in [9.17, 15) is 24.6 Å². The highest BCUT2D eigenvalue weighted by atomic mass is 19.1. The van der Waals surface area contributed by atoms with Gasteiger partial charge in [0, 0.05) is 5.41 Å². The number of carboxylic acids is 1. The molecule has 0 spiro atoms. The van der Waals surface area contributed by atoms with Gasteiger partial charge < -0.3 is 20.1 Å². The fourth-order valence-corrected chi connectivity index (χ4v) is 7.94. The van der Waals surface area contributed by atoms with Crippen LogP contribution in [0, 0.1) is 34.5 Å². The van der Waals surface area contributed by atoms with Gasteiger partial charge >= 0.3 is 5.97 Å². The molecule has 5 rings (SSSR count). The Hall–Kier alpha value is -2.06. The third kappa shape index (κ3) is 2.45. The second kappa shape index (κ2) is 6.50. The van der Waals surface area contributed by atoms with Crippen LogP contribution in [0.5, 0.6) is 0 Å². The lowest BCUT2D eigenvalue weighted by Crippen LogP contribution is -2.61. The molecule has 1 unspecified atom stereocenters. The number of aliphatic hydroxyl groups is 2. The van der Waals surface area contributed by atoms with E-state index in [4.69, 9.17) is 9.84 Å². The van der Waals surface area contributed by atoms with Crippen LogP contribution >= 0.6 is 0 Å². The molecule has 4 aliphatic carbocycles. The molecule has 1 heterocycles. The van der Waals surface area contributed by atoms with Gasteiger partial charge in [0.2, 0.25) is 11.5 Å². The highest BCUT2D eigenvalue weighted by Gasteiger charge is 2.71. The van der Waals surface area contributed by atoms with Crippen LogP contribution in [0.15, 0.2) is 23.2 Å². The molecule has 0 aromatic carbocycles. The number of ether oxygens (including phenoxy) is 1. The minimum absolute atomic E-state index is 0.00743. The van der Waals surface area contributed by atoms with E-state index in [1.807, 2.05) is 13.8 Å². The van der Waals surface area contributed by atoms with Crippen LogP contribution in [0.25, 0.3) is 0 Å². The third-order valence-corrected chi connectivity index (χ3v) is 9.57. The Morgan fingerprint density at radius 2 is 1.97 bits per heavy atom. The zero-order valence-corrected chi connectivity index (χ0v) is 18.4. The summed E-state index contributed by atoms with van der Waals surface area (Å²) >= 11 is 0. The molecule has 5 aliphatic rings. The van der Waals surface area contributed by atoms with Crippen LogP contribution < -0.4 is 0 Å². The van der Waals surface area contributed by atoms with Crippen LogP contribution in [-0.4, -0.2) is 50.7 Å². The summed E-state index contributed by atoms with van der Waals surface area (Å²) in [6.07, 6.45) is -0.724. The molecular formula is C24H29FO7. The average Bonchev–Trinajstić information content (AvgIpc) is 3.49. The number of allylic oxidation sites excluding steroid dienone is 2. The van der Waals surface area contributed by atoms with Crippen molar-refractivity contribution < 1.29 is 38.8 Å². The zero-order valence-electron chi connectivity index (χ0n) is 18.4. The lowest BCUT2D eigenvalue weighted by Gasteiger charge is -2.58. The van der Waals surface area contributed by atoms with Crippen molar-refractivity contribution in [2.75, 3.05) is 0 Å². The summed E-state index contributed by atoms with van der Waals surface area (Å²) < 4.78 is 21.0. The predicted molar refractivity (Wildman–Crippen MR) is 109 cm³/mol. The minimum atomic E-state index is -1.89. The standard InChI is InChI=1S/C24H29FO7/c1-10-6-13-11-7-15(25)14-8-16(26)19-21(32-19)23(14,3)12(11)4-5-22(13,2)24(10,31)20(30)17(27)9-18(28)29/h8,10-13,15,17,27,31H,4-7,9H2,1-3H3,(H,28,29)/t10-,11-,12+,13+,15+,17?,22+,23-,24+/m1/s1. The van der Waals surface area contributed by atoms with E-state index in [0.29, 0.717) is 36.4 Å². The molecule has 0 radical (unpaired) electrons. The summed E-state index contributed by atoms with van der Waals surface area (Å²) in [7, 11) is 0. The average molecular weight is 448 g/mol. The van der Waals surface area contributed by atoms with Crippen molar-refractivity contribution >= 4 is 17.5 Å². The third-order valence-electron chi connectivity index (χ3n) is 9.57. The number of alkyl halides is 1. The lowest BCUT2D eigenvalue weighted by molar-refractivity contribution is -0.177. The Kier molecular flexibility index (Phi) is 4.42. The number of carbonyl (C=O) groups excluding carboxylic acids is 2. The molecular weight excluding hydrogens is 419 g/mol. The maximum atomic E-state index is 15.5. The molecule has 3 N–H and O–H groups in total. The number of aliphatic hydroxyl groups excluding tert-OH is 1. The van der Waals surface area contributed by atoms with Gasteiger partial charge in [-0.3, -0.25) is 14.4 Å². The second-order valence-electron chi connectivity index (χ2n) is 10.8. The normalized spacial score (nSPS) is 47.4. The molecule has 0 bridgehead atoms. The van der Waals surface area contributed by atoms with Crippen molar-refractivity contribution in [2.45, 2.75) is 70.8 Å². The maximum Gasteiger partial charge on any atom is 0.306 e. The largest absolute Gasteiger partial charge is 0.481 e. The van der Waals surface area contributed by atoms with E-state index in [2.05, 4.69) is 0 Å². The van der Waals surface area contributed by atoms with Gasteiger partial charge in [-0.2, -0.15) is 0 Å². The van der Waals surface area contributed by atoms with Gasteiger partial charge in [0.05, 0.1) is 11.8 Å². The van der Waals surface area contributed by atoms with E-state index in [1.54, 1.807) is 6.92 Å². The van der Waals surface area contributed by atoms with Gasteiger partial charge in [0.1, 0.15) is 17.9 Å². The number of halogens is 1. The van der Waals surface area contributed by atoms with Crippen molar-refractivity contribution in [1.82, 2.24) is 0 Å². The summed E-state index contributed by atoms with van der Waals surface area (Å²) in [6.45, 7) is 5.51. The lowest BCUT2D eigenvalue weighted by atomic mass is 9.46. The van der Waals surface area contributed by atoms with E-state index in [0.717, 1.165) is 0 Å². The SMILES string of the molecule is C[C@@H]1C[C@H]2[C@@H]3C[C@H](F)C4=CC(=O)C5=C(O5)[C@]4(C)[C@H]3CC[C@]2(C)[C@@]1(O)C(=O)C(O)CC(=O)O. The first-order chi connectivity index (χ1) is 14.9. The molecule has 0 aromatic rings. The number of ketones is 2. The number of carboxylic acid groups (broad SMARTS) is 1. The zero-order chi connectivity index (χ0) is 23.4. The predicted octanol–water partition coefficient (Wildman–Crippen LogP) is 2.31. The summed E-state index contributed by atoms with van der Waals surface area (Å²) in [5.74, 6) is -2.38. The molecule has 3 fully saturated rings. The summed E-state index contributed by atoms with van der Waals surface area (Å²) in [6, 6.07) is 0.